The van der Waals surface area contributed by atoms with Gasteiger partial charge in [-0.3, -0.25) is 4.55 Å². The molecule has 0 spiro atoms. The van der Waals surface area contributed by atoms with Crippen molar-refractivity contribution in [2.45, 2.75) is 165 Å². The van der Waals surface area contributed by atoms with Crippen molar-refractivity contribution in [2.24, 2.45) is 0 Å². The Balaban J connectivity index is 0.000000413. The molecule has 0 fully saturated rings. The third-order valence-corrected chi connectivity index (χ3v) is 12.2. The quantitative estimate of drug-likeness (QED) is 0.0317. The molecule has 0 atom stereocenters. The average molecular weight is 907 g/mol. The number of phenolic OH excluding ortho intramolecular Hbond substituents is 1. The second-order valence-corrected chi connectivity index (χ2v) is 18.1. The van der Waals surface area contributed by atoms with Crippen molar-refractivity contribution in [3.05, 3.63) is 96.1 Å². The van der Waals surface area contributed by atoms with Crippen LogP contribution in [-0.4, -0.2) is 68.8 Å². The van der Waals surface area contributed by atoms with Crippen molar-refractivity contribution in [3.63, 3.8) is 0 Å². The fraction of sp³-hybridized carbons (Fsp3) is 0.500. The molecule has 4 aromatic rings. The van der Waals surface area contributed by atoms with E-state index in [4.69, 9.17) is 9.47 Å². The normalized spacial score (nSPS) is 11.3. The van der Waals surface area contributed by atoms with E-state index in [9.17, 15) is 36.2 Å². The summed E-state index contributed by atoms with van der Waals surface area (Å²) in [7, 11) is -9.28. The standard InChI is InChI=1S/2C24H34O5S.Ca/c2*1-2-3-4-5-6-7-8-9-10-12-15-20-18-21(25)19-23(24(20)30(26,27)28)29-22-16-13-11-14-17-22;/h2*11,13-14,16-19,25H,2-10,12,15H2,1H3,(H,26,27,28);/q;;+2/p-2. The summed E-state index contributed by atoms with van der Waals surface area (Å²) in [6, 6.07) is 22.2. The minimum absolute atomic E-state index is 0. The van der Waals surface area contributed by atoms with Crippen LogP contribution in [0.25, 0.3) is 0 Å². The van der Waals surface area contributed by atoms with Gasteiger partial charge < -0.3 is 24.2 Å². The Morgan fingerprint density at radius 3 is 1.25 bits per heavy atom. The number of rotatable bonds is 28. The maximum Gasteiger partial charge on any atom is 2.00 e. The predicted octanol–water partition coefficient (Wildman–Crippen LogP) is 12.4. The first-order valence-corrected chi connectivity index (χ1v) is 24.8. The van der Waals surface area contributed by atoms with Crippen LogP contribution in [0.1, 0.15) is 153 Å². The maximum absolute atomic E-state index is 12.1. The van der Waals surface area contributed by atoms with Crippen LogP contribution >= 0.6 is 0 Å². The van der Waals surface area contributed by atoms with Crippen LogP contribution in [-0.2, 0) is 33.1 Å². The van der Waals surface area contributed by atoms with Crippen LogP contribution in [0, 0.1) is 0 Å². The number of aryl methyl sites for hydroxylation is 2. The van der Waals surface area contributed by atoms with Crippen LogP contribution in [0.2, 0.25) is 0 Å². The number of para-hydroxylation sites is 2. The van der Waals surface area contributed by atoms with E-state index in [1.165, 1.54) is 102 Å². The third-order valence-electron chi connectivity index (χ3n) is 10.3. The fourth-order valence-electron chi connectivity index (χ4n) is 7.21. The summed E-state index contributed by atoms with van der Waals surface area (Å²) in [6.45, 7) is 4.43. The second-order valence-electron chi connectivity index (χ2n) is 15.5. The number of phenols is 1. The van der Waals surface area contributed by atoms with Gasteiger partial charge in [-0.05, 0) is 73.2 Å². The summed E-state index contributed by atoms with van der Waals surface area (Å²) in [5.74, 6) is 0.0955. The molecule has 0 aliphatic rings. The number of hydrogen-bond acceptors (Lipinski definition) is 9. The molecule has 0 amide bonds. The molecule has 4 rings (SSSR count). The molecule has 61 heavy (non-hydrogen) atoms. The topological polar surface area (TPSA) is 173 Å². The Kier molecular flexibility index (Phi) is 27.0. The van der Waals surface area contributed by atoms with E-state index in [1.54, 1.807) is 54.6 Å². The smallest absolute Gasteiger partial charge is 0.872 e. The van der Waals surface area contributed by atoms with Gasteiger partial charge in [0.25, 0.3) is 10.1 Å². The summed E-state index contributed by atoms with van der Waals surface area (Å²) >= 11 is 0. The molecule has 10 nitrogen and oxygen atoms in total. The molecule has 0 aliphatic carbocycles. The SMILES string of the molecule is CCCCCCCCCCCCc1cc(O)cc(Oc2ccccc2)c1S(=O)(=O)O.CCCCCCCCCCCCc1cc([O-])cc(Oc2ccccc2)c1S(=O)(=O)[O-].[Ca+2]. The van der Waals surface area contributed by atoms with Gasteiger partial charge in [0.05, 0.1) is 0 Å². The van der Waals surface area contributed by atoms with Crippen molar-refractivity contribution in [3.8, 4) is 34.5 Å². The van der Waals surface area contributed by atoms with Crippen molar-refractivity contribution in [1.82, 2.24) is 0 Å². The Labute approximate surface area is 396 Å². The van der Waals surface area contributed by atoms with E-state index in [-0.39, 0.29) is 71.2 Å². The van der Waals surface area contributed by atoms with Crippen molar-refractivity contribution in [1.29, 1.82) is 0 Å². The first kappa shape index (κ1) is 54.3. The average Bonchev–Trinajstić information content (AvgIpc) is 3.19. The second kappa shape index (κ2) is 30.3. The minimum Gasteiger partial charge on any atom is -0.872 e. The molecule has 0 bridgehead atoms. The van der Waals surface area contributed by atoms with E-state index < -0.39 is 25.1 Å². The Hall–Kier alpha value is -2.84. The predicted molar refractivity (Wildman–Crippen MR) is 242 cm³/mol. The molecule has 2 N–H and O–H groups in total. The van der Waals surface area contributed by atoms with Gasteiger partial charge in [-0.1, -0.05) is 172 Å². The van der Waals surface area contributed by atoms with Gasteiger partial charge in [0.2, 0.25) is 0 Å². The van der Waals surface area contributed by atoms with Gasteiger partial charge in [0.15, 0.2) is 5.75 Å². The molecule has 13 heteroatoms. The molecule has 4 aromatic carbocycles. The monoisotopic (exact) mass is 906 g/mol. The molecule has 0 radical (unpaired) electrons. The Bertz CT molecular complexity index is 1880. The number of benzene rings is 4. The maximum atomic E-state index is 12.1. The number of ether oxygens (including phenoxy) is 2. The molecule has 0 aliphatic heterocycles. The summed E-state index contributed by atoms with van der Waals surface area (Å²) in [6.07, 6.45) is 24.1. The minimum atomic E-state index is -4.78. The third kappa shape index (κ3) is 21.9. The van der Waals surface area contributed by atoms with Crippen LogP contribution in [0.3, 0.4) is 0 Å². The molecule has 0 saturated carbocycles. The molecule has 0 heterocycles. The van der Waals surface area contributed by atoms with Gasteiger partial charge in [-0.15, -0.1) is 5.75 Å². The zero-order chi connectivity index (χ0) is 43.6. The molecular formula is C48H66CaO10S2. The first-order valence-electron chi connectivity index (χ1n) is 21.9. The number of hydrogen-bond donors (Lipinski definition) is 2. The van der Waals surface area contributed by atoms with E-state index in [2.05, 4.69) is 13.8 Å². The van der Waals surface area contributed by atoms with Crippen LogP contribution in [0.15, 0.2) is 94.7 Å². The fourth-order valence-corrected chi connectivity index (χ4v) is 8.89. The summed E-state index contributed by atoms with van der Waals surface area (Å²) in [5, 5.41) is 22.2. The molecule has 0 saturated heterocycles. The van der Waals surface area contributed by atoms with Gasteiger partial charge in [0.1, 0.15) is 42.9 Å². The zero-order valence-corrected chi connectivity index (χ0v) is 40.2. The van der Waals surface area contributed by atoms with Crippen LogP contribution in [0.4, 0.5) is 0 Å². The summed E-state index contributed by atoms with van der Waals surface area (Å²) < 4.78 is 80.9. The van der Waals surface area contributed by atoms with Gasteiger partial charge in [-0.25, -0.2) is 8.42 Å². The Morgan fingerprint density at radius 2 is 0.869 bits per heavy atom. The first-order chi connectivity index (χ1) is 28.8. The molecule has 332 valence electrons. The van der Waals surface area contributed by atoms with Crippen molar-refractivity contribution >= 4 is 58.0 Å². The largest absolute Gasteiger partial charge is 2.00 e. The van der Waals surface area contributed by atoms with Crippen LogP contribution < -0.4 is 14.6 Å². The molecule has 0 aromatic heterocycles. The van der Waals surface area contributed by atoms with Crippen molar-refractivity contribution in [2.75, 3.05) is 0 Å². The van der Waals surface area contributed by atoms with Crippen molar-refractivity contribution < 1.29 is 45.6 Å². The number of aromatic hydroxyl groups is 1. The number of unbranched alkanes of at least 4 members (excludes halogenated alkanes) is 18. The summed E-state index contributed by atoms with van der Waals surface area (Å²) in [4.78, 5) is -0.679. The van der Waals surface area contributed by atoms with E-state index in [0.717, 1.165) is 51.0 Å². The summed E-state index contributed by atoms with van der Waals surface area (Å²) in [5.41, 5.74) is 0.631. The van der Waals surface area contributed by atoms with E-state index in [1.807, 2.05) is 6.07 Å². The van der Waals surface area contributed by atoms with E-state index in [0.29, 0.717) is 29.9 Å². The van der Waals surface area contributed by atoms with Gasteiger partial charge in [0, 0.05) is 6.07 Å². The van der Waals surface area contributed by atoms with Gasteiger partial charge in [-0.2, -0.15) is 8.42 Å². The Morgan fingerprint density at radius 1 is 0.508 bits per heavy atom. The van der Waals surface area contributed by atoms with E-state index >= 15 is 0 Å². The van der Waals surface area contributed by atoms with Gasteiger partial charge >= 0.3 is 37.7 Å². The molecular weight excluding hydrogens is 841 g/mol. The van der Waals surface area contributed by atoms with Crippen LogP contribution in [0.5, 0.6) is 34.5 Å². The zero-order valence-electron chi connectivity index (χ0n) is 36.3. The molecule has 0 unspecified atom stereocenters.